The Morgan fingerprint density at radius 3 is 2.41 bits per heavy atom. The Kier molecular flexibility index (Phi) is 5.39. The van der Waals surface area contributed by atoms with E-state index in [4.69, 9.17) is 4.74 Å². The molecule has 0 radical (unpaired) electrons. The zero-order chi connectivity index (χ0) is 20.2. The summed E-state index contributed by atoms with van der Waals surface area (Å²) < 4.78 is 6.70. The second kappa shape index (κ2) is 8.28. The van der Waals surface area contributed by atoms with E-state index in [1.807, 2.05) is 24.3 Å². The van der Waals surface area contributed by atoms with Gasteiger partial charge in [-0.05, 0) is 18.2 Å². The minimum absolute atomic E-state index is 0.139. The summed E-state index contributed by atoms with van der Waals surface area (Å²) in [6.07, 6.45) is 0. The molecule has 1 aliphatic heterocycles. The SMILES string of the molecule is O=C(Cn1c(=O)cc(C(=O)N2CCOCC2)c2ccccc21)Nc1ccccc1. The van der Waals surface area contributed by atoms with Crippen molar-refractivity contribution >= 4 is 28.4 Å². The second-order valence-corrected chi connectivity index (χ2v) is 6.82. The lowest BCUT2D eigenvalue weighted by molar-refractivity contribution is -0.116. The molecule has 0 unspecified atom stereocenters. The molecule has 3 aromatic rings. The lowest BCUT2D eigenvalue weighted by Gasteiger charge is -2.27. The third-order valence-electron chi connectivity index (χ3n) is 4.91. The van der Waals surface area contributed by atoms with Gasteiger partial charge in [0.2, 0.25) is 5.91 Å². The summed E-state index contributed by atoms with van der Waals surface area (Å²) in [6.45, 7) is 1.83. The van der Waals surface area contributed by atoms with Crippen LogP contribution in [0.3, 0.4) is 0 Å². The number of para-hydroxylation sites is 2. The van der Waals surface area contributed by atoms with Crippen LogP contribution in [0.2, 0.25) is 0 Å². The van der Waals surface area contributed by atoms with Crippen LogP contribution in [0.4, 0.5) is 5.69 Å². The molecule has 2 heterocycles. The van der Waals surface area contributed by atoms with Crippen molar-refractivity contribution in [2.45, 2.75) is 6.54 Å². The highest BCUT2D eigenvalue weighted by Gasteiger charge is 2.22. The summed E-state index contributed by atoms with van der Waals surface area (Å²) in [5.74, 6) is -0.502. The molecule has 0 spiro atoms. The maximum atomic E-state index is 13.0. The first-order valence-corrected chi connectivity index (χ1v) is 9.48. The lowest BCUT2D eigenvalue weighted by atomic mass is 10.1. The van der Waals surface area contributed by atoms with Crippen molar-refractivity contribution in [1.82, 2.24) is 9.47 Å². The fraction of sp³-hybridized carbons (Fsp3) is 0.227. The van der Waals surface area contributed by atoms with Crippen LogP contribution in [0.5, 0.6) is 0 Å². The number of benzene rings is 2. The van der Waals surface area contributed by atoms with E-state index in [2.05, 4.69) is 5.32 Å². The third-order valence-corrected chi connectivity index (χ3v) is 4.91. The number of carbonyl (C=O) groups excluding carboxylic acids is 2. The van der Waals surface area contributed by atoms with Crippen LogP contribution in [0, 0.1) is 0 Å². The van der Waals surface area contributed by atoms with Crippen molar-refractivity contribution in [3.8, 4) is 0 Å². The molecule has 29 heavy (non-hydrogen) atoms. The zero-order valence-corrected chi connectivity index (χ0v) is 15.8. The van der Waals surface area contributed by atoms with Crippen LogP contribution < -0.4 is 10.9 Å². The van der Waals surface area contributed by atoms with Crippen molar-refractivity contribution in [1.29, 1.82) is 0 Å². The van der Waals surface area contributed by atoms with Gasteiger partial charge < -0.3 is 15.0 Å². The number of amides is 2. The number of fused-ring (bicyclic) bond motifs is 1. The maximum absolute atomic E-state index is 13.0. The van der Waals surface area contributed by atoms with Crippen molar-refractivity contribution < 1.29 is 14.3 Å². The van der Waals surface area contributed by atoms with E-state index in [-0.39, 0.29) is 23.9 Å². The molecule has 1 saturated heterocycles. The molecule has 2 amide bonds. The molecule has 1 aromatic heterocycles. The standard InChI is InChI=1S/C22H21N3O4/c26-20(23-16-6-2-1-3-7-16)15-25-19-9-5-4-8-17(19)18(14-21(25)27)22(28)24-10-12-29-13-11-24/h1-9,14H,10-13,15H2,(H,23,26). The molecular weight excluding hydrogens is 370 g/mol. The minimum atomic E-state index is -0.386. The van der Waals surface area contributed by atoms with Crippen molar-refractivity contribution in [3.05, 3.63) is 76.6 Å². The van der Waals surface area contributed by atoms with Crippen LogP contribution >= 0.6 is 0 Å². The van der Waals surface area contributed by atoms with Gasteiger partial charge in [0.25, 0.3) is 11.5 Å². The van der Waals surface area contributed by atoms with Crippen LogP contribution in [-0.2, 0) is 16.1 Å². The second-order valence-electron chi connectivity index (χ2n) is 6.82. The molecule has 148 valence electrons. The molecule has 0 aliphatic carbocycles. The number of hydrogen-bond donors (Lipinski definition) is 1. The number of ether oxygens (including phenoxy) is 1. The number of carbonyl (C=O) groups is 2. The van der Waals surface area contributed by atoms with Gasteiger partial charge in [0, 0.05) is 30.2 Å². The summed E-state index contributed by atoms with van der Waals surface area (Å²) in [5.41, 5.74) is 1.18. The first-order chi connectivity index (χ1) is 14.1. The molecular formula is C22H21N3O4. The monoisotopic (exact) mass is 391 g/mol. The minimum Gasteiger partial charge on any atom is -0.378 e. The van der Waals surface area contributed by atoms with Gasteiger partial charge in [-0.25, -0.2) is 0 Å². The number of pyridine rings is 1. The number of nitrogens with one attached hydrogen (secondary N) is 1. The molecule has 1 fully saturated rings. The Labute approximate surface area is 167 Å². The number of rotatable bonds is 4. The van der Waals surface area contributed by atoms with Crippen molar-refractivity contribution in [2.75, 3.05) is 31.6 Å². The molecule has 7 nitrogen and oxygen atoms in total. The van der Waals surface area contributed by atoms with Gasteiger partial charge in [0.05, 0.1) is 24.3 Å². The van der Waals surface area contributed by atoms with Crippen LogP contribution in [-0.4, -0.2) is 47.6 Å². The van der Waals surface area contributed by atoms with Gasteiger partial charge in [-0.2, -0.15) is 0 Å². The molecule has 2 aromatic carbocycles. The van der Waals surface area contributed by atoms with Gasteiger partial charge in [0.1, 0.15) is 6.54 Å². The Morgan fingerprint density at radius 1 is 0.966 bits per heavy atom. The Hall–Kier alpha value is -3.45. The van der Waals surface area contributed by atoms with Gasteiger partial charge in [0.15, 0.2) is 0 Å². The number of nitrogens with zero attached hydrogens (tertiary/aromatic N) is 2. The summed E-state index contributed by atoms with van der Waals surface area (Å²) in [4.78, 5) is 40.0. The summed E-state index contributed by atoms with van der Waals surface area (Å²) in [7, 11) is 0. The third kappa shape index (κ3) is 4.05. The van der Waals surface area contributed by atoms with Gasteiger partial charge in [-0.15, -0.1) is 0 Å². The van der Waals surface area contributed by atoms with Crippen LogP contribution in [0.15, 0.2) is 65.5 Å². The Bertz CT molecular complexity index is 1100. The zero-order valence-electron chi connectivity index (χ0n) is 15.8. The van der Waals surface area contributed by atoms with Crippen molar-refractivity contribution in [2.24, 2.45) is 0 Å². The average molecular weight is 391 g/mol. The average Bonchev–Trinajstić information content (AvgIpc) is 2.76. The molecule has 1 N–H and O–H groups in total. The molecule has 1 aliphatic rings. The van der Waals surface area contributed by atoms with Crippen LogP contribution in [0.25, 0.3) is 10.9 Å². The topological polar surface area (TPSA) is 80.6 Å². The van der Waals surface area contributed by atoms with E-state index in [0.29, 0.717) is 48.5 Å². The predicted octanol–water partition coefficient (Wildman–Crippen LogP) is 2.11. The Morgan fingerprint density at radius 2 is 1.66 bits per heavy atom. The van der Waals surface area contributed by atoms with E-state index in [9.17, 15) is 14.4 Å². The molecule has 0 bridgehead atoms. The Balaban J connectivity index is 1.67. The summed E-state index contributed by atoms with van der Waals surface area (Å²) in [5, 5.41) is 3.43. The highest BCUT2D eigenvalue weighted by Crippen LogP contribution is 2.19. The van der Waals surface area contributed by atoms with Crippen LogP contribution in [0.1, 0.15) is 10.4 Å². The number of anilines is 1. The molecule has 0 saturated carbocycles. The summed E-state index contributed by atoms with van der Waals surface area (Å²) >= 11 is 0. The predicted molar refractivity (Wildman–Crippen MR) is 110 cm³/mol. The van der Waals surface area contributed by atoms with Gasteiger partial charge in [-0.3, -0.25) is 19.0 Å². The normalized spacial score (nSPS) is 14.0. The van der Waals surface area contributed by atoms with Crippen molar-refractivity contribution in [3.63, 3.8) is 0 Å². The quantitative estimate of drug-likeness (QED) is 0.739. The van der Waals surface area contributed by atoms with E-state index in [0.717, 1.165) is 0 Å². The number of morpholine rings is 1. The van der Waals surface area contributed by atoms with E-state index in [1.54, 1.807) is 35.2 Å². The summed E-state index contributed by atoms with van der Waals surface area (Å²) in [6, 6.07) is 17.6. The highest BCUT2D eigenvalue weighted by atomic mass is 16.5. The molecule has 4 rings (SSSR count). The van der Waals surface area contributed by atoms with Gasteiger partial charge in [-0.1, -0.05) is 36.4 Å². The first-order valence-electron chi connectivity index (χ1n) is 9.48. The lowest BCUT2D eigenvalue weighted by Crippen LogP contribution is -2.41. The fourth-order valence-corrected chi connectivity index (χ4v) is 3.48. The largest absolute Gasteiger partial charge is 0.378 e. The van der Waals surface area contributed by atoms with E-state index in [1.165, 1.54) is 10.6 Å². The van der Waals surface area contributed by atoms with E-state index >= 15 is 0 Å². The number of hydrogen-bond acceptors (Lipinski definition) is 4. The maximum Gasteiger partial charge on any atom is 0.254 e. The number of aromatic nitrogens is 1. The smallest absolute Gasteiger partial charge is 0.254 e. The molecule has 0 atom stereocenters. The fourth-order valence-electron chi connectivity index (χ4n) is 3.48. The first kappa shape index (κ1) is 18.9. The van der Waals surface area contributed by atoms with Gasteiger partial charge >= 0.3 is 0 Å². The molecule has 7 heteroatoms. The highest BCUT2D eigenvalue weighted by molar-refractivity contribution is 6.06. The van der Waals surface area contributed by atoms with E-state index < -0.39 is 0 Å².